The molecule has 0 bridgehead atoms. The van der Waals surface area contributed by atoms with Gasteiger partial charge in [-0.2, -0.15) is 4.31 Å². The summed E-state index contributed by atoms with van der Waals surface area (Å²) in [5.41, 5.74) is 1.98. The first kappa shape index (κ1) is 13.3. The Morgan fingerprint density at radius 2 is 1.94 bits per heavy atom. The van der Waals surface area contributed by atoms with E-state index < -0.39 is 10.0 Å². The third-order valence-corrected chi connectivity index (χ3v) is 5.32. The summed E-state index contributed by atoms with van der Waals surface area (Å²) in [5.74, 6) is 0. The first-order valence-corrected chi connectivity index (χ1v) is 7.61. The molecule has 2 rings (SSSR count). The van der Waals surface area contributed by atoms with Crippen LogP contribution in [0.5, 0.6) is 0 Å². The van der Waals surface area contributed by atoms with E-state index in [2.05, 4.69) is 6.58 Å². The average Bonchev–Trinajstić information content (AvgIpc) is 2.79. The fourth-order valence-electron chi connectivity index (χ4n) is 2.37. The Hall–Kier alpha value is -1.13. The maximum absolute atomic E-state index is 12.5. The highest BCUT2D eigenvalue weighted by atomic mass is 32.2. The summed E-state index contributed by atoms with van der Waals surface area (Å²) < 4.78 is 26.7. The van der Waals surface area contributed by atoms with Gasteiger partial charge in [-0.1, -0.05) is 29.8 Å². The third kappa shape index (κ3) is 2.35. The van der Waals surface area contributed by atoms with E-state index in [9.17, 15) is 8.42 Å². The van der Waals surface area contributed by atoms with Gasteiger partial charge >= 0.3 is 0 Å². The number of rotatable bonds is 3. The van der Waals surface area contributed by atoms with Crippen molar-refractivity contribution in [1.29, 1.82) is 0 Å². The van der Waals surface area contributed by atoms with Gasteiger partial charge in [0.15, 0.2) is 0 Å². The molecule has 1 aromatic rings. The quantitative estimate of drug-likeness (QED) is 0.788. The number of hydrogen-bond acceptors (Lipinski definition) is 2. The molecule has 4 heteroatoms. The van der Waals surface area contributed by atoms with Crippen molar-refractivity contribution in [2.24, 2.45) is 0 Å². The zero-order valence-corrected chi connectivity index (χ0v) is 11.7. The van der Waals surface area contributed by atoms with Gasteiger partial charge in [0.25, 0.3) is 0 Å². The van der Waals surface area contributed by atoms with E-state index in [-0.39, 0.29) is 6.04 Å². The van der Waals surface area contributed by atoms with Crippen LogP contribution in [0.25, 0.3) is 0 Å². The lowest BCUT2D eigenvalue weighted by atomic mass is 10.1. The van der Waals surface area contributed by atoms with Crippen molar-refractivity contribution < 1.29 is 8.42 Å². The van der Waals surface area contributed by atoms with E-state index in [4.69, 9.17) is 0 Å². The molecule has 0 aliphatic carbocycles. The van der Waals surface area contributed by atoms with E-state index in [1.807, 2.05) is 26.0 Å². The molecular weight excluding hydrogens is 246 g/mol. The lowest BCUT2D eigenvalue weighted by Crippen LogP contribution is -2.35. The zero-order chi connectivity index (χ0) is 13.3. The highest BCUT2D eigenvalue weighted by Gasteiger charge is 2.35. The molecule has 1 atom stereocenters. The van der Waals surface area contributed by atoms with E-state index in [0.29, 0.717) is 11.4 Å². The largest absolute Gasteiger partial charge is 0.243 e. The molecule has 1 saturated heterocycles. The van der Waals surface area contributed by atoms with Gasteiger partial charge in [-0.3, -0.25) is 0 Å². The van der Waals surface area contributed by atoms with Gasteiger partial charge in [0.2, 0.25) is 10.0 Å². The van der Waals surface area contributed by atoms with Crippen LogP contribution in [0.15, 0.2) is 41.3 Å². The van der Waals surface area contributed by atoms with Crippen molar-refractivity contribution in [2.75, 3.05) is 6.54 Å². The minimum atomic E-state index is -3.38. The fraction of sp³-hybridized carbons (Fsp3) is 0.429. The van der Waals surface area contributed by atoms with E-state index in [1.54, 1.807) is 16.4 Å². The number of benzene rings is 1. The van der Waals surface area contributed by atoms with Crippen LogP contribution in [0.3, 0.4) is 0 Å². The second-order valence-corrected chi connectivity index (χ2v) is 6.82. The normalized spacial score (nSPS) is 21.1. The molecule has 1 heterocycles. The van der Waals surface area contributed by atoms with Crippen molar-refractivity contribution in [3.05, 3.63) is 42.0 Å². The molecule has 98 valence electrons. The second-order valence-electron chi connectivity index (χ2n) is 4.93. The highest BCUT2D eigenvalue weighted by molar-refractivity contribution is 7.89. The Labute approximate surface area is 109 Å². The van der Waals surface area contributed by atoms with E-state index >= 15 is 0 Å². The fourth-order valence-corrected chi connectivity index (χ4v) is 4.11. The molecule has 0 saturated carbocycles. The van der Waals surface area contributed by atoms with Crippen LogP contribution in [-0.2, 0) is 10.0 Å². The summed E-state index contributed by atoms with van der Waals surface area (Å²) in [4.78, 5) is 0.376. The summed E-state index contributed by atoms with van der Waals surface area (Å²) in [5, 5.41) is 0. The van der Waals surface area contributed by atoms with E-state index in [0.717, 1.165) is 24.0 Å². The molecule has 1 unspecified atom stereocenters. The smallest absolute Gasteiger partial charge is 0.207 e. The van der Waals surface area contributed by atoms with Gasteiger partial charge in [-0.15, -0.1) is 0 Å². The first-order valence-electron chi connectivity index (χ1n) is 6.17. The topological polar surface area (TPSA) is 37.4 Å². The molecule has 1 aliphatic heterocycles. The summed E-state index contributed by atoms with van der Waals surface area (Å²) in [7, 11) is -3.38. The van der Waals surface area contributed by atoms with Crippen LogP contribution in [0.1, 0.15) is 25.3 Å². The molecule has 3 nitrogen and oxygen atoms in total. The lowest BCUT2D eigenvalue weighted by Gasteiger charge is -2.24. The number of hydrogen-bond donors (Lipinski definition) is 0. The maximum Gasteiger partial charge on any atom is 0.243 e. The van der Waals surface area contributed by atoms with Crippen LogP contribution in [0.2, 0.25) is 0 Å². The molecule has 1 aliphatic rings. The molecule has 18 heavy (non-hydrogen) atoms. The summed E-state index contributed by atoms with van der Waals surface area (Å²) >= 11 is 0. The molecular formula is C14H19NO2S. The van der Waals surface area contributed by atoms with Crippen molar-refractivity contribution in [3.8, 4) is 0 Å². The predicted octanol–water partition coefficient (Wildman–Crippen LogP) is 2.72. The second kappa shape index (κ2) is 4.86. The first-order chi connectivity index (χ1) is 8.43. The Kier molecular flexibility index (Phi) is 3.59. The highest BCUT2D eigenvalue weighted by Crippen LogP contribution is 2.29. The average molecular weight is 265 g/mol. The van der Waals surface area contributed by atoms with Crippen LogP contribution >= 0.6 is 0 Å². The van der Waals surface area contributed by atoms with Crippen molar-refractivity contribution >= 4 is 10.0 Å². The lowest BCUT2D eigenvalue weighted by molar-refractivity contribution is 0.421. The monoisotopic (exact) mass is 265 g/mol. The van der Waals surface area contributed by atoms with Crippen LogP contribution < -0.4 is 0 Å². The standard InChI is InChI=1S/C14H19NO2S/c1-11(2)14-5-4-10-15(14)18(16,17)13-8-6-12(3)7-9-13/h6-9,14H,1,4-5,10H2,2-3H3. The summed E-state index contributed by atoms with van der Waals surface area (Å²) in [6, 6.07) is 6.98. The van der Waals surface area contributed by atoms with Gasteiger partial charge in [0.1, 0.15) is 0 Å². The van der Waals surface area contributed by atoms with Crippen molar-refractivity contribution in [2.45, 2.75) is 37.6 Å². The molecule has 0 amide bonds. The van der Waals surface area contributed by atoms with Gasteiger partial charge < -0.3 is 0 Å². The number of sulfonamides is 1. The van der Waals surface area contributed by atoms with Gasteiger partial charge in [0, 0.05) is 12.6 Å². The molecule has 0 N–H and O–H groups in total. The Morgan fingerprint density at radius 3 is 2.50 bits per heavy atom. The van der Waals surface area contributed by atoms with Crippen LogP contribution in [0, 0.1) is 6.92 Å². The Bertz CT molecular complexity index is 546. The van der Waals surface area contributed by atoms with Crippen molar-refractivity contribution in [1.82, 2.24) is 4.31 Å². The maximum atomic E-state index is 12.5. The molecule has 1 fully saturated rings. The molecule has 0 spiro atoms. The summed E-state index contributed by atoms with van der Waals surface area (Å²) in [6.45, 7) is 8.34. The third-order valence-electron chi connectivity index (χ3n) is 3.40. The van der Waals surface area contributed by atoms with Crippen LogP contribution in [0.4, 0.5) is 0 Å². The molecule has 0 radical (unpaired) electrons. The minimum Gasteiger partial charge on any atom is -0.207 e. The summed E-state index contributed by atoms with van der Waals surface area (Å²) in [6.07, 6.45) is 1.78. The Morgan fingerprint density at radius 1 is 1.33 bits per heavy atom. The predicted molar refractivity (Wildman–Crippen MR) is 72.9 cm³/mol. The Balaban J connectivity index is 2.36. The van der Waals surface area contributed by atoms with Crippen LogP contribution in [-0.4, -0.2) is 25.3 Å². The number of nitrogens with zero attached hydrogens (tertiary/aromatic N) is 1. The SMILES string of the molecule is C=C(C)C1CCCN1S(=O)(=O)c1ccc(C)cc1. The van der Waals surface area contributed by atoms with Gasteiger partial charge in [-0.05, 0) is 38.8 Å². The number of aryl methyl sites for hydroxylation is 1. The van der Waals surface area contributed by atoms with Gasteiger partial charge in [-0.25, -0.2) is 8.42 Å². The minimum absolute atomic E-state index is 0.0451. The van der Waals surface area contributed by atoms with E-state index in [1.165, 1.54) is 0 Å². The van der Waals surface area contributed by atoms with Gasteiger partial charge in [0.05, 0.1) is 4.90 Å². The molecule has 0 aromatic heterocycles. The van der Waals surface area contributed by atoms with Crippen molar-refractivity contribution in [3.63, 3.8) is 0 Å². The molecule has 1 aromatic carbocycles. The zero-order valence-electron chi connectivity index (χ0n) is 10.9.